The van der Waals surface area contributed by atoms with Gasteiger partial charge in [0.1, 0.15) is 4.84 Å². The highest BCUT2D eigenvalue weighted by Gasteiger charge is 2.49. The molecule has 0 aromatic rings. The molecular weight excluding hydrogens is 448 g/mol. The molecule has 1 aliphatic heterocycles. The smallest absolute Gasteiger partial charge is 0.485 e. The average molecular weight is 458 g/mol. The zero-order valence-electron chi connectivity index (χ0n) is 11.7. The van der Waals surface area contributed by atoms with Gasteiger partial charge in [0.25, 0.3) is 0 Å². The summed E-state index contributed by atoms with van der Waals surface area (Å²) in [6, 6.07) is 0. The molecule has 0 spiro atoms. The van der Waals surface area contributed by atoms with Crippen LogP contribution in [0, 0.1) is 0 Å². The molecule has 0 saturated heterocycles. The third-order valence-corrected chi connectivity index (χ3v) is 4.87. The van der Waals surface area contributed by atoms with Crippen molar-refractivity contribution in [2.45, 2.75) is 28.7 Å². The van der Waals surface area contributed by atoms with Gasteiger partial charge in [-0.25, -0.2) is 8.42 Å². The topological polar surface area (TPSA) is 107 Å². The second-order valence-electron chi connectivity index (χ2n) is 4.09. The van der Waals surface area contributed by atoms with Gasteiger partial charge in [0.15, 0.2) is 15.7 Å². The van der Waals surface area contributed by atoms with Crippen molar-refractivity contribution in [1.29, 1.82) is 0 Å². The van der Waals surface area contributed by atoms with Crippen molar-refractivity contribution in [2.75, 3.05) is 7.05 Å². The summed E-state index contributed by atoms with van der Waals surface area (Å²) in [5.41, 5.74) is -6.67. The summed E-state index contributed by atoms with van der Waals surface area (Å²) in [5.74, 6) is -1.26. The number of hydrogen-bond donors (Lipinski definition) is 0. The second-order valence-corrected chi connectivity index (χ2v) is 7.88. The molecule has 0 radical (unpaired) electrons. The van der Waals surface area contributed by atoms with Crippen molar-refractivity contribution < 1.29 is 43.2 Å². The zero-order valence-corrected chi connectivity index (χ0v) is 15.6. The molecule has 0 N–H and O–H groups in total. The fourth-order valence-electron chi connectivity index (χ4n) is 1.18. The quantitative estimate of drug-likeness (QED) is 0.274. The van der Waals surface area contributed by atoms with Crippen LogP contribution in [0.4, 0.5) is 13.2 Å². The van der Waals surface area contributed by atoms with Crippen LogP contribution in [-0.4, -0.2) is 59.0 Å². The van der Waals surface area contributed by atoms with Gasteiger partial charge in [0.2, 0.25) is 6.20 Å². The molecule has 2 atom stereocenters. The molecule has 8 nitrogen and oxygen atoms in total. The molecule has 0 aromatic heterocycles. The van der Waals surface area contributed by atoms with Crippen LogP contribution in [0.25, 0.3) is 0 Å². The first-order valence-electron chi connectivity index (χ1n) is 5.46. The Morgan fingerprint density at radius 2 is 1.75 bits per heavy atom. The lowest BCUT2D eigenvalue weighted by Crippen LogP contribution is -2.49. The van der Waals surface area contributed by atoms with Crippen LogP contribution in [0.2, 0.25) is 0 Å². The van der Waals surface area contributed by atoms with Gasteiger partial charge in [-0.3, -0.25) is 9.64 Å². The van der Waals surface area contributed by atoms with Crippen molar-refractivity contribution in [3.8, 4) is 0 Å². The molecular formula is C8H10Cl3F3N2O6S2. The van der Waals surface area contributed by atoms with Crippen LogP contribution in [0.3, 0.4) is 0 Å². The molecule has 24 heavy (non-hydrogen) atoms. The first-order valence-corrected chi connectivity index (χ1v) is 9.21. The van der Waals surface area contributed by atoms with Gasteiger partial charge in [0, 0.05) is 7.05 Å². The van der Waals surface area contributed by atoms with E-state index in [0.29, 0.717) is 0 Å². The van der Waals surface area contributed by atoms with Crippen molar-refractivity contribution in [3.05, 3.63) is 12.4 Å². The fourth-order valence-corrected chi connectivity index (χ4v) is 2.05. The van der Waals surface area contributed by atoms with Crippen molar-refractivity contribution in [2.24, 2.45) is 0 Å². The number of alkyl halides is 6. The van der Waals surface area contributed by atoms with E-state index in [2.05, 4.69) is 0 Å². The first kappa shape index (κ1) is 23.7. The van der Waals surface area contributed by atoms with Gasteiger partial charge in [-0.05, 0) is 3.95 Å². The number of rotatable bonds is 3. The summed E-state index contributed by atoms with van der Waals surface area (Å²) in [6.07, 6.45) is 2.89. The number of hydrogen-bond acceptors (Lipinski definition) is 7. The summed E-state index contributed by atoms with van der Waals surface area (Å²) in [5, 5.41) is 0. The fraction of sp³-hybridized carbons (Fsp3) is 0.750. The minimum atomic E-state index is -6.09. The van der Waals surface area contributed by atoms with Gasteiger partial charge in [-0.2, -0.15) is 13.2 Å². The lowest BCUT2D eigenvalue weighted by atomic mass is 10.4. The molecule has 1 heterocycles. The largest absolute Gasteiger partial charge is 0.741 e. The third kappa shape index (κ3) is 6.20. The van der Waals surface area contributed by atoms with Crippen LogP contribution < -0.4 is 0 Å². The van der Waals surface area contributed by atoms with Crippen LogP contribution in [0.5, 0.6) is 0 Å². The predicted molar refractivity (Wildman–Crippen MR) is 76.5 cm³/mol. The van der Waals surface area contributed by atoms with Gasteiger partial charge in [-0.15, -0.1) is 31.6 Å². The molecule has 0 bridgehead atoms. The standard InChI is InChI=1S/C7H10Cl3N2O3S.CHF3O3S/c1-7(15-6(10)5(8)9)11(2)3-4-12(7)16(13)14;2-1(3,4)8(5,6)7/h3-6H,1-2H3;(H,5,6,7)/q+1;/p-1. The van der Waals surface area contributed by atoms with Crippen LogP contribution in [0.15, 0.2) is 12.4 Å². The minimum Gasteiger partial charge on any atom is -0.741 e. The molecule has 0 fully saturated rings. The number of ether oxygens (including phenoxy) is 1. The molecule has 0 amide bonds. The summed E-state index contributed by atoms with van der Waals surface area (Å²) in [7, 11) is -6.92. The number of nitrogens with zero attached hydrogens (tertiary/aromatic N) is 2. The Balaban J connectivity index is 0.000000561. The summed E-state index contributed by atoms with van der Waals surface area (Å²) in [6.45, 7) is 1.54. The SMILES string of the molecule is CN1C=C[N+](=S(=O)=O)C1(C)OC(Cl)C(Cl)Cl.O=S(=O)([O-])C(F)(F)F. The molecule has 2 unspecified atom stereocenters. The van der Waals surface area contributed by atoms with E-state index in [9.17, 15) is 21.6 Å². The summed E-state index contributed by atoms with van der Waals surface area (Å²) < 4.78 is 87.2. The van der Waals surface area contributed by atoms with Gasteiger partial charge in [-0.1, -0.05) is 11.6 Å². The van der Waals surface area contributed by atoms with E-state index in [0.717, 1.165) is 3.95 Å². The predicted octanol–water partition coefficient (Wildman–Crippen LogP) is 1.59. The van der Waals surface area contributed by atoms with E-state index >= 15 is 0 Å². The Morgan fingerprint density at radius 3 is 2.04 bits per heavy atom. The molecule has 1 rings (SSSR count). The molecule has 0 saturated carbocycles. The Labute approximate surface area is 151 Å². The Morgan fingerprint density at radius 1 is 1.33 bits per heavy atom. The highest BCUT2D eigenvalue weighted by molar-refractivity contribution is 7.86. The molecule has 1 aliphatic rings. The van der Waals surface area contributed by atoms with Crippen molar-refractivity contribution in [3.63, 3.8) is 0 Å². The van der Waals surface area contributed by atoms with Crippen LogP contribution in [-0.2, 0) is 25.4 Å². The first-order chi connectivity index (χ1) is 10.5. The van der Waals surface area contributed by atoms with E-state index in [1.807, 2.05) is 0 Å². The third-order valence-electron chi connectivity index (χ3n) is 2.47. The molecule has 0 aliphatic carbocycles. The average Bonchev–Trinajstić information content (AvgIpc) is 2.63. The monoisotopic (exact) mass is 456 g/mol. The summed E-state index contributed by atoms with van der Waals surface area (Å²) in [4.78, 5) is 0.573. The maximum absolute atomic E-state index is 11.0. The molecule has 16 heteroatoms. The lowest BCUT2D eigenvalue weighted by molar-refractivity contribution is -0.606. The van der Waals surface area contributed by atoms with Crippen LogP contribution >= 0.6 is 34.8 Å². The van der Waals surface area contributed by atoms with E-state index < -0.39 is 42.4 Å². The molecule has 142 valence electrons. The highest BCUT2D eigenvalue weighted by atomic mass is 35.5. The van der Waals surface area contributed by atoms with Gasteiger partial charge in [0.05, 0.1) is 13.1 Å². The Hall–Kier alpha value is -0.310. The normalized spacial score (nSPS) is 22.4. The van der Waals surface area contributed by atoms with Gasteiger partial charge >= 0.3 is 21.9 Å². The van der Waals surface area contributed by atoms with E-state index in [4.69, 9.17) is 52.5 Å². The summed E-state index contributed by atoms with van der Waals surface area (Å²) >= 11 is 16.8. The number of halogens is 6. The lowest BCUT2D eigenvalue weighted by Gasteiger charge is -2.27. The van der Waals surface area contributed by atoms with Crippen LogP contribution in [0.1, 0.15) is 6.92 Å². The van der Waals surface area contributed by atoms with E-state index in [-0.39, 0.29) is 0 Å². The van der Waals surface area contributed by atoms with E-state index in [1.54, 1.807) is 7.05 Å². The maximum atomic E-state index is 11.0. The van der Waals surface area contributed by atoms with Crippen molar-refractivity contribution >= 4 is 55.4 Å². The van der Waals surface area contributed by atoms with Gasteiger partial charge < -0.3 is 4.55 Å². The minimum absolute atomic E-state index is 0.963. The molecule has 0 aromatic carbocycles. The van der Waals surface area contributed by atoms with Crippen molar-refractivity contribution in [1.82, 2.24) is 4.90 Å². The highest BCUT2D eigenvalue weighted by Crippen LogP contribution is 2.29. The Bertz CT molecular complexity index is 716. The Kier molecular flexibility index (Phi) is 8.27. The maximum Gasteiger partial charge on any atom is 0.485 e. The second kappa shape index (κ2) is 8.38. The van der Waals surface area contributed by atoms with E-state index in [1.165, 1.54) is 24.2 Å². The zero-order chi connectivity index (χ0) is 19.5.